The number of hydrogen-bond acceptors (Lipinski definition) is 4. The molecule has 1 aromatic heterocycles. The number of aromatic nitrogens is 1. The lowest BCUT2D eigenvalue weighted by atomic mass is 9.83. The Balaban J connectivity index is 2.00. The minimum Gasteiger partial charge on any atom is -0.497 e. The fourth-order valence-electron chi connectivity index (χ4n) is 2.59. The summed E-state index contributed by atoms with van der Waals surface area (Å²) in [5.74, 6) is 0.849. The van der Waals surface area contributed by atoms with Crippen molar-refractivity contribution in [2.75, 3.05) is 26.8 Å². The van der Waals surface area contributed by atoms with E-state index in [4.69, 9.17) is 4.74 Å². The first kappa shape index (κ1) is 13.3. The highest BCUT2D eigenvalue weighted by molar-refractivity contribution is 5.22. The third kappa shape index (κ3) is 3.21. The summed E-state index contributed by atoms with van der Waals surface area (Å²) in [4.78, 5) is 6.73. The van der Waals surface area contributed by atoms with Gasteiger partial charge in [0.1, 0.15) is 5.75 Å². The summed E-state index contributed by atoms with van der Waals surface area (Å²) < 4.78 is 5.21. The van der Waals surface area contributed by atoms with Crippen molar-refractivity contribution in [3.63, 3.8) is 0 Å². The molecule has 0 aliphatic carbocycles. The van der Waals surface area contributed by atoms with E-state index in [0.717, 1.165) is 43.9 Å². The number of likely N-dealkylation sites (tertiary alicyclic amines) is 1. The van der Waals surface area contributed by atoms with E-state index in [1.54, 1.807) is 13.3 Å². The van der Waals surface area contributed by atoms with E-state index < -0.39 is 0 Å². The number of ether oxygens (including phenoxy) is 1. The van der Waals surface area contributed by atoms with Crippen molar-refractivity contribution in [2.24, 2.45) is 5.41 Å². The van der Waals surface area contributed by atoms with E-state index >= 15 is 0 Å². The van der Waals surface area contributed by atoms with Crippen LogP contribution >= 0.6 is 0 Å². The van der Waals surface area contributed by atoms with Crippen LogP contribution in [0.1, 0.15) is 25.5 Å². The topological polar surface area (TPSA) is 45.6 Å². The highest BCUT2D eigenvalue weighted by atomic mass is 16.5. The van der Waals surface area contributed by atoms with Crippen LogP contribution in [0.3, 0.4) is 0 Å². The summed E-state index contributed by atoms with van der Waals surface area (Å²) in [5.41, 5.74) is 1.06. The van der Waals surface area contributed by atoms with E-state index in [0.29, 0.717) is 0 Å². The Labute approximate surface area is 109 Å². The maximum Gasteiger partial charge on any atom is 0.122 e. The first-order chi connectivity index (χ1) is 8.65. The van der Waals surface area contributed by atoms with Gasteiger partial charge in [0.2, 0.25) is 0 Å². The van der Waals surface area contributed by atoms with Crippen molar-refractivity contribution in [3.8, 4) is 5.75 Å². The lowest BCUT2D eigenvalue weighted by Gasteiger charge is -2.39. The molecule has 0 aromatic carbocycles. The number of aliphatic hydroxyl groups excluding tert-OH is 1. The average Bonchev–Trinajstić information content (AvgIpc) is 2.39. The minimum atomic E-state index is 0.0388. The van der Waals surface area contributed by atoms with Gasteiger partial charge in [-0.3, -0.25) is 9.88 Å². The van der Waals surface area contributed by atoms with Crippen molar-refractivity contribution in [2.45, 2.75) is 26.3 Å². The summed E-state index contributed by atoms with van der Waals surface area (Å²) >= 11 is 0. The Morgan fingerprint density at radius 1 is 1.56 bits per heavy atom. The zero-order valence-corrected chi connectivity index (χ0v) is 11.2. The quantitative estimate of drug-likeness (QED) is 0.883. The molecule has 2 heterocycles. The molecule has 4 heteroatoms. The third-order valence-electron chi connectivity index (χ3n) is 3.65. The smallest absolute Gasteiger partial charge is 0.122 e. The van der Waals surface area contributed by atoms with Crippen LogP contribution < -0.4 is 4.74 Å². The molecule has 1 aromatic rings. The highest BCUT2D eigenvalue weighted by Crippen LogP contribution is 2.29. The number of pyridine rings is 1. The molecule has 1 atom stereocenters. The van der Waals surface area contributed by atoms with Crippen LogP contribution in [0.15, 0.2) is 18.3 Å². The Bertz CT molecular complexity index is 397. The summed E-state index contributed by atoms with van der Waals surface area (Å²) in [6, 6.07) is 3.84. The van der Waals surface area contributed by atoms with Crippen LogP contribution in [0.5, 0.6) is 5.75 Å². The van der Waals surface area contributed by atoms with Gasteiger partial charge >= 0.3 is 0 Å². The molecular formula is C14H22N2O2. The van der Waals surface area contributed by atoms with Crippen molar-refractivity contribution >= 4 is 0 Å². The fraction of sp³-hybridized carbons (Fsp3) is 0.643. The predicted molar refractivity (Wildman–Crippen MR) is 70.5 cm³/mol. The molecule has 0 amide bonds. The molecule has 4 nitrogen and oxygen atoms in total. The summed E-state index contributed by atoms with van der Waals surface area (Å²) in [6.45, 7) is 5.25. The number of nitrogens with zero attached hydrogens (tertiary/aromatic N) is 2. The van der Waals surface area contributed by atoms with Gasteiger partial charge in [0.25, 0.3) is 0 Å². The number of aliphatic hydroxyl groups is 1. The van der Waals surface area contributed by atoms with E-state index in [-0.39, 0.29) is 12.0 Å². The number of hydrogen-bond donors (Lipinski definition) is 1. The minimum absolute atomic E-state index is 0.0388. The standard InChI is InChI=1S/C14H22N2O2/c1-14(11-17)5-3-7-16(10-14)9-12-8-13(18-2)4-6-15-12/h4,6,8,17H,3,5,7,9-11H2,1-2H3. The second-order valence-electron chi connectivity index (χ2n) is 5.47. The largest absolute Gasteiger partial charge is 0.497 e. The van der Waals surface area contributed by atoms with Crippen molar-refractivity contribution in [1.82, 2.24) is 9.88 Å². The summed E-state index contributed by atoms with van der Waals surface area (Å²) in [5, 5.41) is 9.45. The lowest BCUT2D eigenvalue weighted by molar-refractivity contribution is 0.0423. The molecular weight excluding hydrogens is 228 g/mol. The zero-order valence-electron chi connectivity index (χ0n) is 11.2. The van der Waals surface area contributed by atoms with Gasteiger partial charge in [-0.05, 0) is 25.5 Å². The van der Waals surface area contributed by atoms with Crippen molar-refractivity contribution < 1.29 is 9.84 Å². The molecule has 1 aliphatic heterocycles. The van der Waals surface area contributed by atoms with Crippen LogP contribution in [0, 0.1) is 5.41 Å². The zero-order chi connectivity index (χ0) is 13.0. The third-order valence-corrected chi connectivity index (χ3v) is 3.65. The summed E-state index contributed by atoms with van der Waals surface area (Å²) in [6.07, 6.45) is 4.02. The van der Waals surface area contributed by atoms with E-state index in [1.165, 1.54) is 0 Å². The maximum atomic E-state index is 9.45. The van der Waals surface area contributed by atoms with Crippen LogP contribution in [-0.2, 0) is 6.54 Å². The van der Waals surface area contributed by atoms with Crippen LogP contribution in [-0.4, -0.2) is 41.8 Å². The molecule has 0 saturated carbocycles. The van der Waals surface area contributed by atoms with Crippen molar-refractivity contribution in [1.29, 1.82) is 0 Å². The Kier molecular flexibility index (Phi) is 4.19. The molecule has 100 valence electrons. The molecule has 2 rings (SSSR count). The van der Waals surface area contributed by atoms with Crippen LogP contribution in [0.2, 0.25) is 0 Å². The molecule has 18 heavy (non-hydrogen) atoms. The predicted octanol–water partition coefficient (Wildman–Crippen LogP) is 1.68. The molecule has 0 radical (unpaired) electrons. The van der Waals surface area contributed by atoms with Crippen molar-refractivity contribution in [3.05, 3.63) is 24.0 Å². The average molecular weight is 250 g/mol. The first-order valence-electron chi connectivity index (χ1n) is 6.47. The van der Waals surface area contributed by atoms with Gasteiger partial charge in [0.15, 0.2) is 0 Å². The van der Waals surface area contributed by atoms with Crippen LogP contribution in [0.4, 0.5) is 0 Å². The second-order valence-corrected chi connectivity index (χ2v) is 5.47. The van der Waals surface area contributed by atoms with Gasteiger partial charge in [0, 0.05) is 37.4 Å². The van der Waals surface area contributed by atoms with E-state index in [9.17, 15) is 5.11 Å². The monoisotopic (exact) mass is 250 g/mol. The van der Waals surface area contributed by atoms with Crippen LogP contribution in [0.25, 0.3) is 0 Å². The van der Waals surface area contributed by atoms with E-state index in [2.05, 4.69) is 16.8 Å². The normalized spacial score (nSPS) is 25.1. The Hall–Kier alpha value is -1.13. The number of methoxy groups -OCH3 is 1. The SMILES string of the molecule is COc1ccnc(CN2CCCC(C)(CO)C2)c1. The van der Waals surface area contributed by atoms with Gasteiger partial charge in [-0.2, -0.15) is 0 Å². The van der Waals surface area contributed by atoms with Gasteiger partial charge in [-0.15, -0.1) is 0 Å². The molecule has 1 N–H and O–H groups in total. The van der Waals surface area contributed by atoms with Gasteiger partial charge in [-0.25, -0.2) is 0 Å². The summed E-state index contributed by atoms with van der Waals surface area (Å²) in [7, 11) is 1.67. The molecule has 1 fully saturated rings. The van der Waals surface area contributed by atoms with Gasteiger partial charge in [-0.1, -0.05) is 6.92 Å². The number of piperidine rings is 1. The Morgan fingerprint density at radius 2 is 2.39 bits per heavy atom. The Morgan fingerprint density at radius 3 is 3.11 bits per heavy atom. The van der Waals surface area contributed by atoms with Gasteiger partial charge < -0.3 is 9.84 Å². The first-order valence-corrected chi connectivity index (χ1v) is 6.47. The number of rotatable bonds is 4. The molecule has 0 spiro atoms. The molecule has 1 saturated heterocycles. The maximum absolute atomic E-state index is 9.45. The molecule has 1 unspecified atom stereocenters. The molecule has 1 aliphatic rings. The fourth-order valence-corrected chi connectivity index (χ4v) is 2.59. The van der Waals surface area contributed by atoms with E-state index in [1.807, 2.05) is 12.1 Å². The second kappa shape index (κ2) is 5.67. The molecule has 0 bridgehead atoms. The van der Waals surface area contributed by atoms with Gasteiger partial charge in [0.05, 0.1) is 12.8 Å². The highest BCUT2D eigenvalue weighted by Gasteiger charge is 2.30. The lowest BCUT2D eigenvalue weighted by Crippen LogP contribution is -2.43.